The maximum atomic E-state index is 13.5. The monoisotopic (exact) mass is 349 g/mol. The maximum Gasteiger partial charge on any atom is 0.241 e. The molecule has 9 heteroatoms. The predicted molar refractivity (Wildman–Crippen MR) is 78.7 cm³/mol. The Kier molecular flexibility index (Phi) is 3.48. The van der Waals surface area contributed by atoms with Crippen molar-refractivity contribution in [1.82, 2.24) is 24.5 Å². The number of hydrogen-bond donors (Lipinski definition) is 2. The van der Waals surface area contributed by atoms with Crippen LogP contribution in [0, 0.1) is 5.82 Å². The standard InChI is InChI=1S/C12H9BrFN7/c13-8-2-1-7(5-9(8)14)17-11-18-10(15)19-12(20-11)21-4-3-16-6-21/h1-6H,(H3,15,17,18,19,20). The summed E-state index contributed by atoms with van der Waals surface area (Å²) in [5, 5.41) is 2.88. The third-order valence-corrected chi connectivity index (χ3v) is 3.20. The van der Waals surface area contributed by atoms with E-state index in [1.54, 1.807) is 29.1 Å². The zero-order valence-electron chi connectivity index (χ0n) is 10.5. The first-order valence-corrected chi connectivity index (χ1v) is 6.63. The highest BCUT2D eigenvalue weighted by Crippen LogP contribution is 2.21. The molecule has 0 spiro atoms. The molecule has 3 rings (SSSR count). The number of anilines is 3. The molecule has 21 heavy (non-hydrogen) atoms. The van der Waals surface area contributed by atoms with E-state index in [1.165, 1.54) is 12.4 Å². The molecule has 106 valence electrons. The van der Waals surface area contributed by atoms with Crippen molar-refractivity contribution < 1.29 is 4.39 Å². The minimum atomic E-state index is -0.392. The van der Waals surface area contributed by atoms with Crippen LogP contribution < -0.4 is 11.1 Å². The van der Waals surface area contributed by atoms with Gasteiger partial charge in [0.05, 0.1) is 4.47 Å². The minimum absolute atomic E-state index is 0.0498. The maximum absolute atomic E-state index is 13.5. The Morgan fingerprint density at radius 2 is 2.10 bits per heavy atom. The molecule has 0 saturated heterocycles. The normalized spacial score (nSPS) is 10.6. The van der Waals surface area contributed by atoms with Crippen molar-refractivity contribution in [1.29, 1.82) is 0 Å². The van der Waals surface area contributed by atoms with Crippen molar-refractivity contribution in [2.45, 2.75) is 0 Å². The molecule has 0 saturated carbocycles. The summed E-state index contributed by atoms with van der Waals surface area (Å²) in [6, 6.07) is 4.59. The summed E-state index contributed by atoms with van der Waals surface area (Å²) < 4.78 is 15.5. The van der Waals surface area contributed by atoms with Gasteiger partial charge in [0, 0.05) is 18.1 Å². The number of benzene rings is 1. The van der Waals surface area contributed by atoms with Gasteiger partial charge in [0.1, 0.15) is 12.1 Å². The third kappa shape index (κ3) is 2.97. The van der Waals surface area contributed by atoms with Crippen LogP contribution in [0.2, 0.25) is 0 Å². The average Bonchev–Trinajstić information content (AvgIpc) is 2.96. The van der Waals surface area contributed by atoms with Gasteiger partial charge in [-0.25, -0.2) is 9.37 Å². The first kappa shape index (κ1) is 13.4. The number of imidazole rings is 1. The molecule has 0 atom stereocenters. The van der Waals surface area contributed by atoms with E-state index < -0.39 is 5.82 Å². The SMILES string of the molecule is Nc1nc(Nc2ccc(Br)c(F)c2)nc(-n2ccnc2)n1. The largest absolute Gasteiger partial charge is 0.368 e. The van der Waals surface area contributed by atoms with Gasteiger partial charge in [-0.3, -0.25) is 4.57 Å². The highest BCUT2D eigenvalue weighted by Gasteiger charge is 2.07. The van der Waals surface area contributed by atoms with Gasteiger partial charge < -0.3 is 11.1 Å². The van der Waals surface area contributed by atoms with Crippen LogP contribution >= 0.6 is 15.9 Å². The fraction of sp³-hybridized carbons (Fsp3) is 0. The molecule has 0 aliphatic heterocycles. The molecule has 0 aliphatic rings. The van der Waals surface area contributed by atoms with Crippen LogP contribution in [0.15, 0.2) is 41.4 Å². The Bertz CT molecular complexity index is 775. The van der Waals surface area contributed by atoms with Crippen molar-refractivity contribution >= 4 is 33.5 Å². The molecule has 0 fully saturated rings. The summed E-state index contributed by atoms with van der Waals surface area (Å²) in [7, 11) is 0. The van der Waals surface area contributed by atoms with Crippen LogP contribution in [0.25, 0.3) is 5.95 Å². The number of halogens is 2. The first-order valence-electron chi connectivity index (χ1n) is 5.84. The molecule has 1 aromatic carbocycles. The molecule has 7 nitrogen and oxygen atoms in total. The Morgan fingerprint density at radius 1 is 1.24 bits per heavy atom. The molecule has 0 aliphatic carbocycles. The van der Waals surface area contributed by atoms with Crippen LogP contribution in [-0.4, -0.2) is 24.5 Å². The van der Waals surface area contributed by atoms with E-state index in [2.05, 4.69) is 41.2 Å². The van der Waals surface area contributed by atoms with E-state index in [0.29, 0.717) is 16.1 Å². The summed E-state index contributed by atoms with van der Waals surface area (Å²) in [6.45, 7) is 0. The zero-order chi connectivity index (χ0) is 14.8. The molecule has 2 heterocycles. The van der Waals surface area contributed by atoms with Gasteiger partial charge in [-0.2, -0.15) is 15.0 Å². The number of nitrogens with one attached hydrogen (secondary N) is 1. The van der Waals surface area contributed by atoms with Gasteiger partial charge in [-0.15, -0.1) is 0 Å². The average molecular weight is 350 g/mol. The molecule has 0 radical (unpaired) electrons. The first-order chi connectivity index (χ1) is 10.1. The van der Waals surface area contributed by atoms with Crippen LogP contribution in [0.1, 0.15) is 0 Å². The van der Waals surface area contributed by atoms with Crippen LogP contribution in [0.4, 0.5) is 22.0 Å². The fourth-order valence-corrected chi connectivity index (χ4v) is 1.88. The van der Waals surface area contributed by atoms with Crippen molar-refractivity contribution in [3.8, 4) is 5.95 Å². The predicted octanol–water partition coefficient (Wildman–Crippen LogP) is 2.28. The summed E-state index contributed by atoms with van der Waals surface area (Å²) in [4.78, 5) is 16.1. The second-order valence-corrected chi connectivity index (χ2v) is 4.90. The third-order valence-electron chi connectivity index (χ3n) is 2.55. The molecular weight excluding hydrogens is 341 g/mol. The van der Waals surface area contributed by atoms with Crippen molar-refractivity contribution in [3.05, 3.63) is 47.2 Å². The molecule has 0 amide bonds. The zero-order valence-corrected chi connectivity index (χ0v) is 12.1. The van der Waals surface area contributed by atoms with E-state index in [0.717, 1.165) is 0 Å². The minimum Gasteiger partial charge on any atom is -0.368 e. The van der Waals surface area contributed by atoms with Crippen LogP contribution in [0.5, 0.6) is 0 Å². The summed E-state index contributed by atoms with van der Waals surface area (Å²) in [5.41, 5.74) is 6.15. The number of nitrogens with two attached hydrogens (primary N) is 1. The topological polar surface area (TPSA) is 94.5 Å². The Balaban J connectivity index is 1.93. The highest BCUT2D eigenvalue weighted by atomic mass is 79.9. The Morgan fingerprint density at radius 3 is 2.81 bits per heavy atom. The summed E-state index contributed by atoms with van der Waals surface area (Å²) >= 11 is 3.09. The Hall–Kier alpha value is -2.55. The summed E-state index contributed by atoms with van der Waals surface area (Å²) in [5.74, 6) is 0.193. The lowest BCUT2D eigenvalue weighted by Gasteiger charge is -2.08. The molecule has 2 aromatic heterocycles. The number of rotatable bonds is 3. The second-order valence-electron chi connectivity index (χ2n) is 4.04. The van der Waals surface area contributed by atoms with E-state index in [9.17, 15) is 4.39 Å². The van der Waals surface area contributed by atoms with E-state index in [4.69, 9.17) is 5.73 Å². The van der Waals surface area contributed by atoms with Crippen LogP contribution in [0.3, 0.4) is 0 Å². The molecule has 0 unspecified atom stereocenters. The van der Waals surface area contributed by atoms with Crippen molar-refractivity contribution in [2.75, 3.05) is 11.1 Å². The highest BCUT2D eigenvalue weighted by molar-refractivity contribution is 9.10. The van der Waals surface area contributed by atoms with Gasteiger partial charge >= 0.3 is 0 Å². The lowest BCUT2D eigenvalue weighted by Crippen LogP contribution is -2.08. The molecule has 3 N–H and O–H groups in total. The van der Waals surface area contributed by atoms with Gasteiger partial charge in [-0.1, -0.05) is 0 Å². The van der Waals surface area contributed by atoms with Gasteiger partial charge in [0.25, 0.3) is 0 Å². The second kappa shape index (κ2) is 5.44. The van der Waals surface area contributed by atoms with Gasteiger partial charge in [0.15, 0.2) is 0 Å². The lowest BCUT2D eigenvalue weighted by molar-refractivity contribution is 0.622. The van der Waals surface area contributed by atoms with Crippen LogP contribution in [-0.2, 0) is 0 Å². The molecular formula is C12H9BrFN7. The number of aromatic nitrogens is 5. The van der Waals surface area contributed by atoms with Crippen molar-refractivity contribution in [3.63, 3.8) is 0 Å². The van der Waals surface area contributed by atoms with Gasteiger partial charge in [-0.05, 0) is 34.1 Å². The number of hydrogen-bond acceptors (Lipinski definition) is 6. The molecule has 3 aromatic rings. The summed E-state index contributed by atoms with van der Waals surface area (Å²) in [6.07, 6.45) is 4.81. The lowest BCUT2D eigenvalue weighted by atomic mass is 10.3. The van der Waals surface area contributed by atoms with E-state index >= 15 is 0 Å². The smallest absolute Gasteiger partial charge is 0.241 e. The molecule has 0 bridgehead atoms. The Labute approximate surface area is 127 Å². The van der Waals surface area contributed by atoms with Crippen molar-refractivity contribution in [2.24, 2.45) is 0 Å². The van der Waals surface area contributed by atoms with Gasteiger partial charge in [0.2, 0.25) is 17.8 Å². The number of nitrogen functional groups attached to an aromatic ring is 1. The quantitative estimate of drug-likeness (QED) is 0.753. The fourth-order valence-electron chi connectivity index (χ4n) is 1.63. The number of nitrogens with zero attached hydrogens (tertiary/aromatic N) is 5. The van der Waals surface area contributed by atoms with E-state index in [-0.39, 0.29) is 11.9 Å². The van der Waals surface area contributed by atoms with E-state index in [1.807, 2.05) is 0 Å².